The number of methoxy groups -OCH3 is 2. The molecular weight excluding hydrogens is 304 g/mol. The van der Waals surface area contributed by atoms with E-state index in [-0.39, 0.29) is 5.91 Å². The Balaban J connectivity index is 2.07. The summed E-state index contributed by atoms with van der Waals surface area (Å²) in [5.74, 6) is 1.44. The summed E-state index contributed by atoms with van der Waals surface area (Å²) < 4.78 is 10.4. The summed E-state index contributed by atoms with van der Waals surface area (Å²) in [4.78, 5) is 15.8. The van der Waals surface area contributed by atoms with Crippen LogP contribution in [0.15, 0.2) is 42.6 Å². The monoisotopic (exact) mass is 318 g/mol. The normalized spacial score (nSPS) is 10.5. The molecule has 0 radical (unpaired) electrons. The van der Waals surface area contributed by atoms with Crippen LogP contribution >= 0.6 is 11.6 Å². The molecule has 1 amide bonds. The molecule has 0 saturated heterocycles. The van der Waals surface area contributed by atoms with E-state index in [4.69, 9.17) is 21.1 Å². The first-order valence-corrected chi connectivity index (χ1v) is 6.83. The number of amides is 1. The van der Waals surface area contributed by atoms with Gasteiger partial charge in [0.25, 0.3) is 0 Å². The first-order chi connectivity index (χ1) is 10.6. The van der Waals surface area contributed by atoms with Gasteiger partial charge < -0.3 is 14.8 Å². The van der Waals surface area contributed by atoms with Crippen molar-refractivity contribution in [2.24, 2.45) is 0 Å². The maximum absolute atomic E-state index is 11.9. The minimum atomic E-state index is -0.298. The van der Waals surface area contributed by atoms with E-state index < -0.39 is 0 Å². The van der Waals surface area contributed by atoms with Gasteiger partial charge in [-0.3, -0.25) is 4.79 Å². The lowest BCUT2D eigenvalue weighted by atomic mass is 10.1. The van der Waals surface area contributed by atoms with Crippen molar-refractivity contribution in [3.05, 3.63) is 53.2 Å². The number of ether oxygens (including phenoxy) is 2. The van der Waals surface area contributed by atoms with Crippen LogP contribution in [0.4, 0.5) is 5.82 Å². The highest BCUT2D eigenvalue weighted by Gasteiger charge is 2.04. The Hall–Kier alpha value is -2.53. The van der Waals surface area contributed by atoms with Gasteiger partial charge >= 0.3 is 0 Å². The van der Waals surface area contributed by atoms with E-state index in [9.17, 15) is 4.79 Å². The Bertz CT molecular complexity index is 684. The van der Waals surface area contributed by atoms with Crippen molar-refractivity contribution in [1.82, 2.24) is 4.98 Å². The number of hydrogen-bond acceptors (Lipinski definition) is 4. The van der Waals surface area contributed by atoms with Crippen molar-refractivity contribution < 1.29 is 14.3 Å². The zero-order chi connectivity index (χ0) is 15.9. The molecule has 0 spiro atoms. The second-order valence-corrected chi connectivity index (χ2v) is 4.73. The summed E-state index contributed by atoms with van der Waals surface area (Å²) in [6.45, 7) is 0. The molecule has 0 aliphatic carbocycles. The molecular formula is C16H15ClN2O3. The Kier molecular flexibility index (Phi) is 5.38. The average Bonchev–Trinajstić information content (AvgIpc) is 2.55. The van der Waals surface area contributed by atoms with Gasteiger partial charge in [0.15, 0.2) is 0 Å². The Labute approximate surface area is 133 Å². The third kappa shape index (κ3) is 4.23. The van der Waals surface area contributed by atoms with Gasteiger partial charge in [-0.15, -0.1) is 0 Å². The maximum Gasteiger partial charge on any atom is 0.249 e. The number of rotatable bonds is 5. The molecule has 22 heavy (non-hydrogen) atoms. The van der Waals surface area contributed by atoms with Crippen LogP contribution in [-0.2, 0) is 4.79 Å². The number of carbonyl (C=O) groups is 1. The summed E-state index contributed by atoms with van der Waals surface area (Å²) >= 11 is 5.73. The van der Waals surface area contributed by atoms with Gasteiger partial charge in [-0.25, -0.2) is 4.98 Å². The molecule has 0 fully saturated rings. The van der Waals surface area contributed by atoms with Crippen LogP contribution < -0.4 is 14.8 Å². The molecule has 114 valence electrons. The minimum Gasteiger partial charge on any atom is -0.497 e. The second-order valence-electron chi connectivity index (χ2n) is 4.29. The van der Waals surface area contributed by atoms with Crippen LogP contribution in [0.2, 0.25) is 5.02 Å². The van der Waals surface area contributed by atoms with Gasteiger partial charge in [0.1, 0.15) is 17.3 Å². The van der Waals surface area contributed by atoms with Crippen LogP contribution in [0.3, 0.4) is 0 Å². The Morgan fingerprint density at radius 2 is 2.05 bits per heavy atom. The SMILES string of the molecule is COc1ccc(/C=C/C(=O)Nc2ccc(Cl)cn2)c(OC)c1. The lowest BCUT2D eigenvalue weighted by molar-refractivity contribution is -0.111. The van der Waals surface area contributed by atoms with Gasteiger partial charge in [-0.05, 0) is 30.3 Å². The molecule has 2 aromatic rings. The molecule has 0 saturated carbocycles. The van der Waals surface area contributed by atoms with Crippen molar-refractivity contribution >= 4 is 29.4 Å². The second kappa shape index (κ2) is 7.47. The molecule has 5 nitrogen and oxygen atoms in total. The van der Waals surface area contributed by atoms with E-state index in [1.165, 1.54) is 12.3 Å². The molecule has 0 unspecified atom stereocenters. The maximum atomic E-state index is 11.9. The number of aromatic nitrogens is 1. The van der Waals surface area contributed by atoms with Gasteiger partial charge in [0.2, 0.25) is 5.91 Å². The van der Waals surface area contributed by atoms with Crippen molar-refractivity contribution in [2.45, 2.75) is 0 Å². The van der Waals surface area contributed by atoms with E-state index in [2.05, 4.69) is 10.3 Å². The molecule has 0 atom stereocenters. The fourth-order valence-electron chi connectivity index (χ4n) is 1.74. The van der Waals surface area contributed by atoms with E-state index in [1.807, 2.05) is 6.07 Å². The van der Waals surface area contributed by atoms with Crippen molar-refractivity contribution in [3.8, 4) is 11.5 Å². The largest absolute Gasteiger partial charge is 0.497 e. The highest BCUT2D eigenvalue weighted by atomic mass is 35.5. The number of anilines is 1. The highest BCUT2D eigenvalue weighted by Crippen LogP contribution is 2.25. The quantitative estimate of drug-likeness (QED) is 0.858. The average molecular weight is 319 g/mol. The minimum absolute atomic E-state index is 0.298. The van der Waals surface area contributed by atoms with E-state index >= 15 is 0 Å². The van der Waals surface area contributed by atoms with E-state index in [1.54, 1.807) is 44.6 Å². The topological polar surface area (TPSA) is 60.5 Å². The smallest absolute Gasteiger partial charge is 0.249 e. The van der Waals surface area contributed by atoms with Crippen LogP contribution in [0.25, 0.3) is 6.08 Å². The number of nitrogens with zero attached hydrogens (tertiary/aromatic N) is 1. The molecule has 6 heteroatoms. The number of hydrogen-bond donors (Lipinski definition) is 1. The molecule has 1 aromatic heterocycles. The Morgan fingerprint density at radius 1 is 1.23 bits per heavy atom. The Morgan fingerprint density at radius 3 is 2.68 bits per heavy atom. The zero-order valence-electron chi connectivity index (χ0n) is 12.2. The molecule has 1 N–H and O–H groups in total. The third-order valence-corrected chi connectivity index (χ3v) is 3.06. The lowest BCUT2D eigenvalue weighted by Crippen LogP contribution is -2.08. The van der Waals surface area contributed by atoms with Gasteiger partial charge in [-0.1, -0.05) is 11.6 Å². The molecule has 0 aliphatic heterocycles. The first kappa shape index (κ1) is 15.9. The summed E-state index contributed by atoms with van der Waals surface area (Å²) in [6, 6.07) is 8.63. The highest BCUT2D eigenvalue weighted by molar-refractivity contribution is 6.30. The van der Waals surface area contributed by atoms with Crippen LogP contribution in [-0.4, -0.2) is 25.1 Å². The van der Waals surface area contributed by atoms with Crippen molar-refractivity contribution in [3.63, 3.8) is 0 Å². The summed E-state index contributed by atoms with van der Waals surface area (Å²) in [6.07, 6.45) is 4.53. The standard InChI is InChI=1S/C16H15ClN2O3/c1-21-13-6-3-11(14(9-13)22-2)4-8-16(20)19-15-7-5-12(17)10-18-15/h3-10H,1-2H3,(H,18,19,20)/b8-4+. The first-order valence-electron chi connectivity index (χ1n) is 6.45. The molecule has 0 aliphatic rings. The van der Waals surface area contributed by atoms with E-state index in [0.29, 0.717) is 22.3 Å². The predicted octanol–water partition coefficient (Wildman–Crippen LogP) is 3.40. The fourth-order valence-corrected chi connectivity index (χ4v) is 1.85. The van der Waals surface area contributed by atoms with Gasteiger partial charge in [0, 0.05) is 23.9 Å². The molecule has 0 bridgehead atoms. The number of benzene rings is 1. The van der Waals surface area contributed by atoms with Crippen LogP contribution in [0.1, 0.15) is 5.56 Å². The third-order valence-electron chi connectivity index (χ3n) is 2.83. The lowest BCUT2D eigenvalue weighted by Gasteiger charge is -2.07. The number of halogens is 1. The van der Waals surface area contributed by atoms with Gasteiger partial charge in [-0.2, -0.15) is 0 Å². The molecule has 1 heterocycles. The molecule has 1 aromatic carbocycles. The molecule has 2 rings (SSSR count). The summed E-state index contributed by atoms with van der Waals surface area (Å²) in [5.41, 5.74) is 0.766. The van der Waals surface area contributed by atoms with Crippen molar-refractivity contribution in [1.29, 1.82) is 0 Å². The van der Waals surface area contributed by atoms with Gasteiger partial charge in [0.05, 0.1) is 19.2 Å². The summed E-state index contributed by atoms with van der Waals surface area (Å²) in [5, 5.41) is 3.15. The number of carbonyl (C=O) groups excluding carboxylic acids is 1. The van der Waals surface area contributed by atoms with Crippen LogP contribution in [0.5, 0.6) is 11.5 Å². The number of nitrogens with one attached hydrogen (secondary N) is 1. The zero-order valence-corrected chi connectivity index (χ0v) is 12.9. The summed E-state index contributed by atoms with van der Waals surface area (Å²) in [7, 11) is 3.14. The number of pyridine rings is 1. The van der Waals surface area contributed by atoms with Crippen LogP contribution in [0, 0.1) is 0 Å². The van der Waals surface area contributed by atoms with Crippen molar-refractivity contribution in [2.75, 3.05) is 19.5 Å². The predicted molar refractivity (Wildman–Crippen MR) is 86.5 cm³/mol. The van der Waals surface area contributed by atoms with E-state index in [0.717, 1.165) is 5.56 Å². The fraction of sp³-hybridized carbons (Fsp3) is 0.125.